The molecular formula is C20H34ClN11. The molecule has 32 heavy (non-hydrogen) atoms. The number of nitrogens with one attached hydrogen (secondary N) is 1. The van der Waals surface area contributed by atoms with Crippen molar-refractivity contribution in [3.8, 4) is 0 Å². The van der Waals surface area contributed by atoms with Crippen LogP contribution in [0.1, 0.15) is 18.4 Å². The fourth-order valence-corrected chi connectivity index (χ4v) is 4.28. The molecule has 0 amide bonds. The predicted octanol–water partition coefficient (Wildman–Crippen LogP) is -0.783. The molecule has 0 unspecified atom stereocenters. The van der Waals surface area contributed by atoms with Crippen LogP contribution >= 0.6 is 12.4 Å². The zero-order valence-electron chi connectivity index (χ0n) is 18.1. The molecule has 2 aromatic rings. The van der Waals surface area contributed by atoms with E-state index in [1.54, 1.807) is 0 Å². The molecule has 0 radical (unpaired) electrons. The van der Waals surface area contributed by atoms with Crippen molar-refractivity contribution in [2.24, 2.45) is 22.9 Å². The third-order valence-corrected chi connectivity index (χ3v) is 5.61. The first-order valence-electron chi connectivity index (χ1n) is 10.7. The summed E-state index contributed by atoms with van der Waals surface area (Å²) in [6.45, 7) is 3.11. The summed E-state index contributed by atoms with van der Waals surface area (Å²) in [4.78, 5) is 18.1. The molecule has 11 nitrogen and oxygen atoms in total. The highest BCUT2D eigenvalue weighted by molar-refractivity contribution is 5.85. The van der Waals surface area contributed by atoms with E-state index in [4.69, 9.17) is 33.7 Å². The number of anilines is 4. The molecule has 4 rings (SSSR count). The summed E-state index contributed by atoms with van der Waals surface area (Å²) in [5.41, 5.74) is 32.4. The maximum Gasteiger partial charge on any atom is 0.232 e. The molecule has 4 atom stereocenters. The average Bonchev–Trinajstić information content (AvgIpc) is 2.71. The van der Waals surface area contributed by atoms with Crippen LogP contribution in [0, 0.1) is 0 Å². The number of aromatic nitrogens is 3. The third kappa shape index (κ3) is 6.08. The summed E-state index contributed by atoms with van der Waals surface area (Å²) in [7, 11) is 0. The molecule has 2 fully saturated rings. The second-order valence-electron chi connectivity index (χ2n) is 8.68. The molecule has 0 bridgehead atoms. The van der Waals surface area contributed by atoms with Crippen LogP contribution in [0.5, 0.6) is 0 Å². The minimum absolute atomic E-state index is 0. The smallest absolute Gasteiger partial charge is 0.232 e. The van der Waals surface area contributed by atoms with Crippen molar-refractivity contribution < 1.29 is 0 Å². The maximum absolute atomic E-state index is 6.19. The Morgan fingerprint density at radius 2 is 1.31 bits per heavy atom. The predicted molar refractivity (Wildman–Crippen MR) is 131 cm³/mol. The first-order chi connectivity index (χ1) is 14.9. The highest BCUT2D eigenvalue weighted by atomic mass is 35.5. The maximum atomic E-state index is 6.19. The van der Waals surface area contributed by atoms with Gasteiger partial charge in [0.1, 0.15) is 0 Å². The number of rotatable bonds is 5. The van der Waals surface area contributed by atoms with Gasteiger partial charge in [-0.1, -0.05) is 12.1 Å². The molecule has 176 valence electrons. The van der Waals surface area contributed by atoms with Gasteiger partial charge in [-0.25, -0.2) is 0 Å². The number of nitrogens with zero attached hydrogens (tertiary/aromatic N) is 5. The molecule has 0 spiro atoms. The monoisotopic (exact) mass is 463 g/mol. The van der Waals surface area contributed by atoms with Gasteiger partial charge in [-0.05, 0) is 30.5 Å². The Kier molecular flexibility index (Phi) is 7.91. The summed E-state index contributed by atoms with van der Waals surface area (Å²) in [5.74, 6) is 1.58. The topological polar surface area (TPSA) is 187 Å². The SMILES string of the molecule is Cl.Nc1cccc(CNc2nc(N3C[C@H](N)C[C@H](N)C3)nc(N3C[C@H](N)C[C@H](N)C3)n2)c1. The quantitative estimate of drug-likeness (QED) is 0.305. The molecule has 2 aliphatic heterocycles. The van der Waals surface area contributed by atoms with E-state index in [-0.39, 0.29) is 36.6 Å². The molecule has 2 saturated heterocycles. The van der Waals surface area contributed by atoms with Crippen molar-refractivity contribution in [3.05, 3.63) is 29.8 Å². The van der Waals surface area contributed by atoms with Crippen LogP contribution in [-0.2, 0) is 6.54 Å². The number of hydrogen-bond donors (Lipinski definition) is 6. The average molecular weight is 464 g/mol. The van der Waals surface area contributed by atoms with E-state index in [0.717, 1.165) is 18.4 Å². The number of halogens is 1. The lowest BCUT2D eigenvalue weighted by molar-refractivity contribution is 0.441. The van der Waals surface area contributed by atoms with Gasteiger partial charge in [-0.3, -0.25) is 0 Å². The number of nitrogen functional groups attached to an aromatic ring is 1. The van der Waals surface area contributed by atoms with Crippen LogP contribution in [0.3, 0.4) is 0 Å². The van der Waals surface area contributed by atoms with Gasteiger partial charge < -0.3 is 43.8 Å². The number of hydrogen-bond acceptors (Lipinski definition) is 11. The van der Waals surface area contributed by atoms with E-state index < -0.39 is 0 Å². The summed E-state index contributed by atoms with van der Waals surface area (Å²) in [5, 5.41) is 3.30. The van der Waals surface area contributed by atoms with Gasteiger partial charge in [0.2, 0.25) is 17.8 Å². The number of piperidine rings is 2. The molecule has 0 saturated carbocycles. The second-order valence-corrected chi connectivity index (χ2v) is 8.68. The van der Waals surface area contributed by atoms with Crippen LogP contribution in [0.4, 0.5) is 23.5 Å². The van der Waals surface area contributed by atoms with Gasteiger partial charge >= 0.3 is 0 Å². The highest BCUT2D eigenvalue weighted by Gasteiger charge is 2.28. The molecule has 11 N–H and O–H groups in total. The Balaban J connectivity index is 0.00000289. The van der Waals surface area contributed by atoms with E-state index in [0.29, 0.717) is 56.3 Å². The van der Waals surface area contributed by atoms with Crippen molar-refractivity contribution in [2.75, 3.05) is 47.0 Å². The normalized spacial score (nSPS) is 25.9. The van der Waals surface area contributed by atoms with Crippen molar-refractivity contribution in [1.82, 2.24) is 15.0 Å². The van der Waals surface area contributed by atoms with Crippen molar-refractivity contribution in [3.63, 3.8) is 0 Å². The summed E-state index contributed by atoms with van der Waals surface area (Å²) < 4.78 is 0. The van der Waals surface area contributed by atoms with Crippen LogP contribution in [0.15, 0.2) is 24.3 Å². The zero-order chi connectivity index (χ0) is 22.0. The van der Waals surface area contributed by atoms with E-state index in [1.165, 1.54) is 0 Å². The Morgan fingerprint density at radius 3 is 1.78 bits per heavy atom. The van der Waals surface area contributed by atoms with Crippen molar-refractivity contribution >= 4 is 35.9 Å². The molecule has 2 aliphatic rings. The lowest BCUT2D eigenvalue weighted by atomic mass is 10.0. The molecule has 0 aliphatic carbocycles. The van der Waals surface area contributed by atoms with Gasteiger partial charge in [0, 0.05) is 62.6 Å². The Labute approximate surface area is 194 Å². The van der Waals surface area contributed by atoms with Gasteiger partial charge in [0.05, 0.1) is 0 Å². The minimum atomic E-state index is -0.0236. The summed E-state index contributed by atoms with van der Waals surface area (Å²) in [6, 6.07) is 7.60. The van der Waals surface area contributed by atoms with Crippen molar-refractivity contribution in [2.45, 2.75) is 43.6 Å². The third-order valence-electron chi connectivity index (χ3n) is 5.61. The van der Waals surface area contributed by atoms with Crippen LogP contribution in [0.25, 0.3) is 0 Å². The minimum Gasteiger partial charge on any atom is -0.399 e. The fourth-order valence-electron chi connectivity index (χ4n) is 4.28. The van der Waals surface area contributed by atoms with E-state index >= 15 is 0 Å². The second kappa shape index (κ2) is 10.5. The number of nitrogens with two attached hydrogens (primary N) is 5. The Bertz CT molecular complexity index is 833. The summed E-state index contributed by atoms with van der Waals surface area (Å²) >= 11 is 0. The lowest BCUT2D eigenvalue weighted by Gasteiger charge is -2.37. The number of benzene rings is 1. The van der Waals surface area contributed by atoms with Crippen LogP contribution in [-0.4, -0.2) is 65.3 Å². The molecule has 12 heteroatoms. The van der Waals surface area contributed by atoms with Crippen LogP contribution in [0.2, 0.25) is 0 Å². The van der Waals surface area contributed by atoms with Gasteiger partial charge in [0.25, 0.3) is 0 Å². The zero-order valence-corrected chi connectivity index (χ0v) is 18.9. The molecule has 1 aromatic heterocycles. The Morgan fingerprint density at radius 1 is 0.812 bits per heavy atom. The summed E-state index contributed by atoms with van der Waals surface area (Å²) in [6.07, 6.45) is 1.57. The van der Waals surface area contributed by atoms with Crippen LogP contribution < -0.4 is 43.8 Å². The van der Waals surface area contributed by atoms with E-state index in [9.17, 15) is 0 Å². The molecular weight excluding hydrogens is 430 g/mol. The van der Waals surface area contributed by atoms with E-state index in [2.05, 4.69) is 15.3 Å². The first-order valence-corrected chi connectivity index (χ1v) is 10.7. The van der Waals surface area contributed by atoms with Gasteiger partial charge in [-0.2, -0.15) is 15.0 Å². The van der Waals surface area contributed by atoms with Gasteiger partial charge in [-0.15, -0.1) is 12.4 Å². The standard InChI is InChI=1S/C20H33N11.ClH/c21-13-3-1-2-12(4-13)7-26-18-27-19(30-8-14(22)5-15(23)9-30)29-20(28-18)31-10-16(24)6-17(25)11-31;/h1-4,14-17H,5-11,21-25H2,(H,26,27,28,29);1H/t14-,15+,16-,17+;. The first kappa shape index (κ1) is 24.2. The molecule has 1 aromatic carbocycles. The fraction of sp³-hybridized carbons (Fsp3) is 0.550. The lowest BCUT2D eigenvalue weighted by Crippen LogP contribution is -2.54. The Hall–Kier alpha value is -2.44. The highest BCUT2D eigenvalue weighted by Crippen LogP contribution is 2.22. The van der Waals surface area contributed by atoms with Crippen molar-refractivity contribution in [1.29, 1.82) is 0 Å². The molecule has 3 heterocycles. The van der Waals surface area contributed by atoms with E-state index in [1.807, 2.05) is 34.1 Å². The largest absolute Gasteiger partial charge is 0.399 e. The van der Waals surface area contributed by atoms with Gasteiger partial charge in [0.15, 0.2) is 0 Å².